The summed E-state index contributed by atoms with van der Waals surface area (Å²) in [6, 6.07) is 0. The van der Waals surface area contributed by atoms with Crippen LogP contribution in [0.4, 0.5) is 0 Å². The van der Waals surface area contributed by atoms with Crippen molar-refractivity contribution >= 4 is 0 Å². The monoisotopic (exact) mass is 398 g/mol. The number of hydrogen-bond acceptors (Lipinski definition) is 3. The zero-order valence-electron chi connectivity index (χ0n) is 19.0. The lowest BCUT2D eigenvalue weighted by molar-refractivity contribution is -0.241. The van der Waals surface area contributed by atoms with Gasteiger partial charge in [-0.25, -0.2) is 0 Å². The summed E-state index contributed by atoms with van der Waals surface area (Å²) in [4.78, 5) is 0. The highest BCUT2D eigenvalue weighted by atomic mass is 16.7. The molecule has 1 N–H and O–H groups in total. The van der Waals surface area contributed by atoms with Gasteiger partial charge in [0.15, 0.2) is 12.6 Å². The van der Waals surface area contributed by atoms with Crippen LogP contribution in [0.15, 0.2) is 0 Å². The maximum absolute atomic E-state index is 9.92. The van der Waals surface area contributed by atoms with E-state index in [1.54, 1.807) is 0 Å². The van der Waals surface area contributed by atoms with Gasteiger partial charge in [-0.1, -0.05) is 110 Å². The van der Waals surface area contributed by atoms with Gasteiger partial charge in [0, 0.05) is 6.61 Å². The highest BCUT2D eigenvalue weighted by molar-refractivity contribution is 4.56. The highest BCUT2D eigenvalue weighted by Gasteiger charge is 2.17. The average molecular weight is 399 g/mol. The summed E-state index contributed by atoms with van der Waals surface area (Å²) in [5, 5.41) is 9.92. The van der Waals surface area contributed by atoms with Crippen LogP contribution in [0.2, 0.25) is 0 Å². The van der Waals surface area contributed by atoms with E-state index in [0.717, 1.165) is 38.7 Å². The molecule has 0 bridgehead atoms. The summed E-state index contributed by atoms with van der Waals surface area (Å²) in [5.74, 6) is 0. The van der Waals surface area contributed by atoms with Crippen molar-refractivity contribution in [2.75, 3.05) is 6.61 Å². The van der Waals surface area contributed by atoms with Crippen LogP contribution in [0.25, 0.3) is 0 Å². The van der Waals surface area contributed by atoms with Gasteiger partial charge in [0.2, 0.25) is 0 Å². The summed E-state index contributed by atoms with van der Waals surface area (Å²) in [6.07, 6.45) is 26.6. The molecule has 1 aliphatic rings. The molecule has 3 nitrogen and oxygen atoms in total. The van der Waals surface area contributed by atoms with Crippen LogP contribution in [0, 0.1) is 0 Å². The fourth-order valence-electron chi connectivity index (χ4n) is 4.11. The zero-order chi connectivity index (χ0) is 20.1. The molecule has 0 radical (unpaired) electrons. The Morgan fingerprint density at radius 1 is 0.714 bits per heavy atom. The predicted molar refractivity (Wildman–Crippen MR) is 119 cm³/mol. The van der Waals surface area contributed by atoms with Crippen molar-refractivity contribution < 1.29 is 14.6 Å². The number of aliphatic hydroxyl groups excluding tert-OH is 1. The lowest BCUT2D eigenvalue weighted by Crippen LogP contribution is -2.27. The molecule has 1 saturated heterocycles. The molecule has 0 amide bonds. The van der Waals surface area contributed by atoms with Crippen LogP contribution in [-0.2, 0) is 9.47 Å². The molecule has 2 atom stereocenters. The van der Waals surface area contributed by atoms with Crippen molar-refractivity contribution in [3.05, 3.63) is 0 Å². The van der Waals surface area contributed by atoms with Crippen molar-refractivity contribution in [3.63, 3.8) is 0 Å². The molecule has 0 aliphatic carbocycles. The highest BCUT2D eigenvalue weighted by Crippen LogP contribution is 2.18. The van der Waals surface area contributed by atoms with Crippen molar-refractivity contribution in [2.24, 2.45) is 0 Å². The molecule has 1 rings (SSSR count). The maximum atomic E-state index is 9.92. The molecule has 1 aliphatic heterocycles. The zero-order valence-corrected chi connectivity index (χ0v) is 19.0. The van der Waals surface area contributed by atoms with Gasteiger partial charge in [0.05, 0.1) is 0 Å². The van der Waals surface area contributed by atoms with Crippen molar-refractivity contribution in [1.82, 2.24) is 0 Å². The van der Waals surface area contributed by atoms with E-state index in [2.05, 4.69) is 6.92 Å². The molecule has 3 heteroatoms. The number of aliphatic hydroxyl groups is 1. The number of rotatable bonds is 20. The Kier molecular flexibility index (Phi) is 18.7. The van der Waals surface area contributed by atoms with E-state index >= 15 is 0 Å². The lowest BCUT2D eigenvalue weighted by Gasteiger charge is -2.25. The molecular weight excluding hydrogens is 348 g/mol. The van der Waals surface area contributed by atoms with E-state index in [0.29, 0.717) is 0 Å². The van der Waals surface area contributed by atoms with E-state index in [4.69, 9.17) is 9.47 Å². The summed E-state index contributed by atoms with van der Waals surface area (Å²) >= 11 is 0. The SMILES string of the molecule is CCCCCCCCCCCCCCCCCCCC(O)OC1CCCCO1. The number of unbranched alkanes of at least 4 members (excludes halogenated alkanes) is 16. The largest absolute Gasteiger partial charge is 0.368 e. The number of hydrogen-bond donors (Lipinski definition) is 1. The second-order valence-corrected chi connectivity index (χ2v) is 8.83. The van der Waals surface area contributed by atoms with Gasteiger partial charge in [-0.2, -0.15) is 0 Å². The Bertz CT molecular complexity index is 302. The Morgan fingerprint density at radius 2 is 1.18 bits per heavy atom. The Labute approximate surface area is 176 Å². The topological polar surface area (TPSA) is 38.7 Å². The van der Waals surface area contributed by atoms with Crippen LogP contribution >= 0.6 is 0 Å². The summed E-state index contributed by atoms with van der Waals surface area (Å²) in [7, 11) is 0. The number of ether oxygens (including phenoxy) is 2. The van der Waals surface area contributed by atoms with Gasteiger partial charge in [-0.15, -0.1) is 0 Å². The fraction of sp³-hybridized carbons (Fsp3) is 1.00. The molecule has 0 aromatic carbocycles. The first kappa shape index (κ1) is 25.9. The maximum Gasteiger partial charge on any atom is 0.160 e. The molecule has 168 valence electrons. The average Bonchev–Trinajstić information content (AvgIpc) is 2.71. The van der Waals surface area contributed by atoms with Gasteiger partial charge in [0.1, 0.15) is 0 Å². The van der Waals surface area contributed by atoms with Crippen LogP contribution in [-0.4, -0.2) is 24.3 Å². The van der Waals surface area contributed by atoms with E-state index in [1.807, 2.05) is 0 Å². The summed E-state index contributed by atoms with van der Waals surface area (Å²) in [6.45, 7) is 3.06. The normalized spacial score (nSPS) is 18.4. The second-order valence-electron chi connectivity index (χ2n) is 8.83. The van der Waals surface area contributed by atoms with Crippen LogP contribution in [0.3, 0.4) is 0 Å². The molecule has 0 saturated carbocycles. The Hall–Kier alpha value is -0.120. The Balaban J connectivity index is 1.70. The second kappa shape index (κ2) is 20.2. The first-order valence-corrected chi connectivity index (χ1v) is 12.8. The third-order valence-electron chi connectivity index (χ3n) is 6.00. The quantitative estimate of drug-likeness (QED) is 0.167. The van der Waals surface area contributed by atoms with E-state index in [1.165, 1.54) is 103 Å². The summed E-state index contributed by atoms with van der Waals surface area (Å²) in [5.41, 5.74) is 0. The van der Waals surface area contributed by atoms with Gasteiger partial charge in [-0.3, -0.25) is 0 Å². The van der Waals surface area contributed by atoms with Gasteiger partial charge in [0.25, 0.3) is 0 Å². The Morgan fingerprint density at radius 3 is 1.61 bits per heavy atom. The van der Waals surface area contributed by atoms with Crippen LogP contribution in [0.1, 0.15) is 142 Å². The van der Waals surface area contributed by atoms with E-state index in [9.17, 15) is 5.11 Å². The van der Waals surface area contributed by atoms with Crippen LogP contribution < -0.4 is 0 Å². The van der Waals surface area contributed by atoms with Crippen molar-refractivity contribution in [2.45, 2.75) is 154 Å². The molecular formula is C25H50O3. The molecule has 1 fully saturated rings. The predicted octanol–water partition coefficient (Wildman–Crippen LogP) is 7.89. The third kappa shape index (κ3) is 16.8. The molecule has 2 unspecified atom stereocenters. The first-order chi connectivity index (χ1) is 13.8. The van der Waals surface area contributed by atoms with Gasteiger partial charge in [-0.05, 0) is 32.1 Å². The van der Waals surface area contributed by atoms with E-state index < -0.39 is 6.29 Å². The molecule has 0 aromatic rings. The first-order valence-electron chi connectivity index (χ1n) is 12.8. The van der Waals surface area contributed by atoms with Crippen LogP contribution in [0.5, 0.6) is 0 Å². The van der Waals surface area contributed by atoms with Gasteiger partial charge >= 0.3 is 0 Å². The third-order valence-corrected chi connectivity index (χ3v) is 6.00. The molecule has 0 spiro atoms. The van der Waals surface area contributed by atoms with Crippen molar-refractivity contribution in [3.8, 4) is 0 Å². The standard InChI is InChI=1S/C25H50O3/c1-2-3-4-5-6-7-8-9-10-11-12-13-14-15-16-17-18-21-24(26)28-25-22-19-20-23-27-25/h24-26H,2-23H2,1H3. The van der Waals surface area contributed by atoms with E-state index in [-0.39, 0.29) is 6.29 Å². The van der Waals surface area contributed by atoms with Crippen molar-refractivity contribution in [1.29, 1.82) is 0 Å². The molecule has 1 heterocycles. The van der Waals surface area contributed by atoms with Gasteiger partial charge < -0.3 is 14.6 Å². The minimum Gasteiger partial charge on any atom is -0.368 e. The molecule has 28 heavy (non-hydrogen) atoms. The minimum atomic E-state index is -0.639. The lowest BCUT2D eigenvalue weighted by atomic mass is 10.0. The summed E-state index contributed by atoms with van der Waals surface area (Å²) < 4.78 is 11.1. The smallest absolute Gasteiger partial charge is 0.160 e. The molecule has 0 aromatic heterocycles. The fourth-order valence-corrected chi connectivity index (χ4v) is 4.11. The minimum absolute atomic E-state index is 0.172.